The van der Waals surface area contributed by atoms with Gasteiger partial charge in [-0.15, -0.1) is 0 Å². The first-order valence-corrected chi connectivity index (χ1v) is 11.7. The number of benzene rings is 2. The van der Waals surface area contributed by atoms with E-state index in [9.17, 15) is 4.79 Å². The smallest absolute Gasteiger partial charge is 0.255 e. The third kappa shape index (κ3) is 5.74. The van der Waals surface area contributed by atoms with E-state index in [0.717, 1.165) is 37.9 Å². The maximum atomic E-state index is 13.5. The average Bonchev–Trinajstić information content (AvgIpc) is 2.85. The molecule has 8 nitrogen and oxygen atoms in total. The van der Waals surface area contributed by atoms with Gasteiger partial charge in [0, 0.05) is 18.7 Å². The number of hydrogen-bond acceptors (Lipinski definition) is 7. The number of carbonyl (C=O) groups excluding carboxylic acids is 1. The number of likely N-dealkylation sites (tertiary alicyclic amines) is 1. The van der Waals surface area contributed by atoms with Crippen LogP contribution in [0.4, 0.5) is 0 Å². The number of amides is 1. The number of nitrogens with zero attached hydrogens (tertiary/aromatic N) is 1. The second-order valence-corrected chi connectivity index (χ2v) is 8.61. The summed E-state index contributed by atoms with van der Waals surface area (Å²) in [6.07, 6.45) is 2.68. The molecule has 0 bridgehead atoms. The summed E-state index contributed by atoms with van der Waals surface area (Å²) < 4.78 is 22.9. The quantitative estimate of drug-likeness (QED) is 0.548. The Morgan fingerprint density at radius 2 is 1.76 bits per heavy atom. The van der Waals surface area contributed by atoms with Crippen LogP contribution in [0.2, 0.25) is 0 Å². The van der Waals surface area contributed by atoms with Crippen molar-refractivity contribution < 1.29 is 23.7 Å². The monoisotopic (exact) mass is 471 g/mol. The van der Waals surface area contributed by atoms with Crippen LogP contribution in [0, 0.1) is 5.92 Å². The lowest BCUT2D eigenvalue weighted by Gasteiger charge is -2.36. The Kier molecular flexibility index (Phi) is 9.01. The summed E-state index contributed by atoms with van der Waals surface area (Å²) in [5, 5.41) is 3.22. The molecule has 1 aliphatic heterocycles. The van der Waals surface area contributed by atoms with Crippen LogP contribution in [0.15, 0.2) is 30.3 Å². The summed E-state index contributed by atoms with van der Waals surface area (Å²) in [6.45, 7) is 4.64. The van der Waals surface area contributed by atoms with Crippen LogP contribution in [0.5, 0.6) is 28.7 Å². The van der Waals surface area contributed by atoms with Crippen LogP contribution in [-0.4, -0.2) is 64.9 Å². The second-order valence-electron chi connectivity index (χ2n) is 8.61. The van der Waals surface area contributed by atoms with Gasteiger partial charge in [-0.05, 0) is 56.6 Å². The number of rotatable bonds is 10. The molecule has 0 aromatic heterocycles. The van der Waals surface area contributed by atoms with Crippen molar-refractivity contribution in [3.63, 3.8) is 0 Å². The Bertz CT molecular complexity index is 964. The Labute approximate surface area is 202 Å². The van der Waals surface area contributed by atoms with Crippen molar-refractivity contribution >= 4 is 5.91 Å². The second kappa shape index (κ2) is 11.9. The Morgan fingerprint density at radius 3 is 2.35 bits per heavy atom. The van der Waals surface area contributed by atoms with E-state index in [-0.39, 0.29) is 11.9 Å². The fraction of sp³-hybridized carbons (Fsp3) is 0.500. The van der Waals surface area contributed by atoms with Gasteiger partial charge in [0.05, 0.1) is 26.9 Å². The molecule has 34 heavy (non-hydrogen) atoms. The highest BCUT2D eigenvalue weighted by Gasteiger charge is 2.31. The number of nitrogens with two attached hydrogens (primary N) is 1. The fourth-order valence-electron chi connectivity index (χ4n) is 4.51. The number of methoxy groups -OCH3 is 3. The number of hydrogen-bond donors (Lipinski definition) is 2. The van der Waals surface area contributed by atoms with Crippen molar-refractivity contribution in [2.45, 2.75) is 32.2 Å². The molecule has 1 aliphatic rings. The van der Waals surface area contributed by atoms with Gasteiger partial charge in [-0.2, -0.15) is 0 Å². The topological polar surface area (TPSA) is 95.3 Å². The van der Waals surface area contributed by atoms with Gasteiger partial charge in [-0.1, -0.05) is 25.5 Å². The number of carbonyl (C=O) groups is 1. The lowest BCUT2D eigenvalue weighted by atomic mass is 9.90. The molecule has 0 unspecified atom stereocenters. The van der Waals surface area contributed by atoms with Gasteiger partial charge in [-0.25, -0.2) is 0 Å². The van der Waals surface area contributed by atoms with Gasteiger partial charge in [0.1, 0.15) is 5.75 Å². The molecule has 1 amide bonds. The van der Waals surface area contributed by atoms with E-state index in [2.05, 4.69) is 24.2 Å². The van der Waals surface area contributed by atoms with Gasteiger partial charge in [0.15, 0.2) is 11.5 Å². The molecule has 1 heterocycles. The summed E-state index contributed by atoms with van der Waals surface area (Å²) in [7, 11) is 6.66. The van der Waals surface area contributed by atoms with Crippen molar-refractivity contribution in [2.75, 3.05) is 48.0 Å². The fourth-order valence-corrected chi connectivity index (χ4v) is 4.51. The minimum Gasteiger partial charge on any atom is -0.492 e. The molecular weight excluding hydrogens is 434 g/mol. The van der Waals surface area contributed by atoms with Gasteiger partial charge >= 0.3 is 0 Å². The van der Waals surface area contributed by atoms with Crippen molar-refractivity contribution in [2.24, 2.45) is 11.7 Å². The predicted molar refractivity (Wildman–Crippen MR) is 133 cm³/mol. The van der Waals surface area contributed by atoms with Crippen molar-refractivity contribution in [3.05, 3.63) is 41.5 Å². The van der Waals surface area contributed by atoms with E-state index >= 15 is 0 Å². The number of nitrogens with one attached hydrogen (secondary N) is 1. The maximum absolute atomic E-state index is 13.5. The molecule has 2 atom stereocenters. The van der Waals surface area contributed by atoms with Crippen LogP contribution in [0.25, 0.3) is 0 Å². The first-order valence-electron chi connectivity index (χ1n) is 11.7. The summed E-state index contributed by atoms with van der Waals surface area (Å²) in [4.78, 5) is 15.8. The summed E-state index contributed by atoms with van der Waals surface area (Å²) >= 11 is 0. The summed E-state index contributed by atoms with van der Waals surface area (Å²) in [5.41, 5.74) is 7.10. The zero-order valence-corrected chi connectivity index (χ0v) is 20.8. The molecule has 0 radical (unpaired) electrons. The highest BCUT2D eigenvalue weighted by molar-refractivity contribution is 5.99. The van der Waals surface area contributed by atoms with Crippen LogP contribution < -0.4 is 30.0 Å². The molecule has 2 aromatic carbocycles. The van der Waals surface area contributed by atoms with Crippen LogP contribution in [0.3, 0.4) is 0 Å². The van der Waals surface area contributed by atoms with Crippen molar-refractivity contribution in [3.8, 4) is 28.7 Å². The van der Waals surface area contributed by atoms with Crippen molar-refractivity contribution in [1.82, 2.24) is 10.2 Å². The Balaban J connectivity index is 1.95. The molecule has 2 aromatic rings. The highest BCUT2D eigenvalue weighted by Crippen LogP contribution is 2.48. The molecular formula is C26H37N3O5. The third-order valence-electron chi connectivity index (χ3n) is 6.38. The number of piperidine rings is 1. The van der Waals surface area contributed by atoms with Crippen LogP contribution >= 0.6 is 0 Å². The van der Waals surface area contributed by atoms with E-state index in [1.807, 2.05) is 24.3 Å². The summed E-state index contributed by atoms with van der Waals surface area (Å²) in [5.74, 6) is 2.11. The molecule has 0 aliphatic carbocycles. The van der Waals surface area contributed by atoms with Crippen molar-refractivity contribution in [1.29, 1.82) is 0 Å². The molecule has 0 saturated carbocycles. The normalized spacial score (nSPS) is 18.3. The van der Waals surface area contributed by atoms with E-state index in [1.54, 1.807) is 6.07 Å². The van der Waals surface area contributed by atoms with E-state index < -0.39 is 0 Å². The minimum absolute atomic E-state index is 0.0889. The predicted octanol–water partition coefficient (Wildman–Crippen LogP) is 3.47. The first-order chi connectivity index (χ1) is 16.4. The highest BCUT2D eigenvalue weighted by atomic mass is 16.5. The molecule has 186 valence electrons. The number of ether oxygens (including phenoxy) is 4. The SMILES string of the molecule is CC[C@@H]1CN(C)CC[C@H]1NC(=O)c1cc(Oc2ccc(CCN)cc2)c(OC)c(OC)c1OC. The van der Waals surface area contributed by atoms with Gasteiger partial charge in [0.2, 0.25) is 11.5 Å². The molecule has 8 heteroatoms. The van der Waals surface area contributed by atoms with Crippen LogP contribution in [-0.2, 0) is 6.42 Å². The molecule has 1 saturated heterocycles. The molecule has 0 spiro atoms. The zero-order valence-electron chi connectivity index (χ0n) is 20.8. The summed E-state index contributed by atoms with van der Waals surface area (Å²) in [6, 6.07) is 9.41. The van der Waals surface area contributed by atoms with Gasteiger partial charge in [0.25, 0.3) is 5.91 Å². The van der Waals surface area contributed by atoms with Gasteiger partial charge in [-0.3, -0.25) is 4.79 Å². The van der Waals surface area contributed by atoms with E-state index in [0.29, 0.717) is 46.8 Å². The Hall–Kier alpha value is -2.97. The zero-order chi connectivity index (χ0) is 24.7. The molecule has 1 fully saturated rings. The standard InChI is InChI=1S/C26H37N3O5/c1-6-18-16-29(2)14-12-21(18)28-26(30)20-15-22(24(32-4)25(33-5)23(20)31-3)34-19-9-7-17(8-10-19)11-13-27/h7-10,15,18,21H,6,11-14,16,27H2,1-5H3,(H,28,30)/t18-,21-/m1/s1. The third-order valence-corrected chi connectivity index (χ3v) is 6.38. The lowest BCUT2D eigenvalue weighted by Crippen LogP contribution is -2.49. The van der Waals surface area contributed by atoms with Gasteiger partial charge < -0.3 is 34.9 Å². The molecule has 3 rings (SSSR count). The van der Waals surface area contributed by atoms with Crippen LogP contribution in [0.1, 0.15) is 35.7 Å². The lowest BCUT2D eigenvalue weighted by molar-refractivity contribution is 0.0867. The van der Waals surface area contributed by atoms with E-state index in [1.165, 1.54) is 21.3 Å². The first kappa shape index (κ1) is 25.6. The molecule has 3 N–H and O–H groups in total. The average molecular weight is 472 g/mol. The largest absolute Gasteiger partial charge is 0.492 e. The van der Waals surface area contributed by atoms with E-state index in [4.69, 9.17) is 24.7 Å². The maximum Gasteiger partial charge on any atom is 0.255 e. The Morgan fingerprint density at radius 1 is 1.09 bits per heavy atom. The minimum atomic E-state index is -0.228.